The van der Waals surface area contributed by atoms with Crippen LogP contribution in [0.2, 0.25) is 0 Å². The fourth-order valence-corrected chi connectivity index (χ4v) is 4.41. The van der Waals surface area contributed by atoms with Gasteiger partial charge in [-0.15, -0.1) is 0 Å². The van der Waals surface area contributed by atoms with Gasteiger partial charge < -0.3 is 5.73 Å². The number of hydrogen-bond acceptors (Lipinski definition) is 5. The molecule has 3 heterocycles. The number of halogens is 1. The molecule has 6 rings (SSSR count). The molecule has 0 aliphatic heterocycles. The zero-order valence-corrected chi connectivity index (χ0v) is 18.1. The third-order valence-electron chi connectivity index (χ3n) is 6.50. The van der Waals surface area contributed by atoms with Crippen LogP contribution < -0.4 is 5.73 Å². The van der Waals surface area contributed by atoms with Gasteiger partial charge in [0.15, 0.2) is 17.3 Å². The molecule has 0 bridgehead atoms. The molecule has 2 aromatic carbocycles. The maximum absolute atomic E-state index is 13.4. The minimum Gasteiger partial charge on any atom is -0.321 e. The van der Waals surface area contributed by atoms with E-state index >= 15 is 0 Å². The number of nitrogens with two attached hydrogens (primary N) is 1. The van der Waals surface area contributed by atoms with Crippen molar-refractivity contribution in [3.63, 3.8) is 0 Å². The summed E-state index contributed by atoms with van der Waals surface area (Å²) in [5.74, 6) is 0.925. The van der Waals surface area contributed by atoms with Gasteiger partial charge in [0.05, 0.1) is 6.20 Å². The molecule has 0 unspecified atom stereocenters. The van der Waals surface area contributed by atoms with Crippen molar-refractivity contribution < 1.29 is 4.39 Å². The highest BCUT2D eigenvalue weighted by Crippen LogP contribution is 2.39. The van der Waals surface area contributed by atoms with E-state index in [0.717, 1.165) is 47.6 Å². The first-order valence-electron chi connectivity index (χ1n) is 10.9. The smallest absolute Gasteiger partial charge is 0.169 e. The lowest BCUT2D eigenvalue weighted by Crippen LogP contribution is -2.43. The van der Waals surface area contributed by atoms with E-state index in [9.17, 15) is 4.39 Å². The first-order chi connectivity index (χ1) is 16.0. The Hall–Kier alpha value is -3.91. The van der Waals surface area contributed by atoms with Gasteiger partial charge in [-0.25, -0.2) is 19.3 Å². The Morgan fingerprint density at radius 3 is 2.36 bits per heavy atom. The second-order valence-electron chi connectivity index (χ2n) is 8.58. The van der Waals surface area contributed by atoms with Crippen LogP contribution in [0, 0.1) is 5.82 Å². The Balaban J connectivity index is 1.55. The number of benzene rings is 2. The van der Waals surface area contributed by atoms with Gasteiger partial charge in [-0.05, 0) is 67.3 Å². The third kappa shape index (κ3) is 3.22. The van der Waals surface area contributed by atoms with Gasteiger partial charge in [0.1, 0.15) is 17.0 Å². The third-order valence-corrected chi connectivity index (χ3v) is 6.50. The van der Waals surface area contributed by atoms with Crippen molar-refractivity contribution in [2.75, 3.05) is 0 Å². The fraction of sp³-hybridized carbons (Fsp3) is 0.200. The molecule has 1 aliphatic carbocycles. The van der Waals surface area contributed by atoms with Crippen molar-refractivity contribution >= 4 is 11.2 Å². The van der Waals surface area contributed by atoms with E-state index in [2.05, 4.69) is 34.3 Å². The van der Waals surface area contributed by atoms with Gasteiger partial charge in [-0.1, -0.05) is 12.1 Å². The summed E-state index contributed by atoms with van der Waals surface area (Å²) in [4.78, 5) is 14.1. The number of nitrogens with zero attached hydrogens (tertiary/aromatic N) is 6. The number of rotatable bonds is 4. The SMILES string of the molecule is Cn1nccc1-c1nc2cnc(-c3ccc(F)cc3)nc2n1-c1ccc(C2(N)CCC2)cc1. The molecular weight excluding hydrogens is 417 g/mol. The second kappa shape index (κ2) is 7.31. The minimum atomic E-state index is -0.299. The molecule has 8 heteroatoms. The molecule has 0 spiro atoms. The van der Waals surface area contributed by atoms with Gasteiger partial charge in [0.2, 0.25) is 0 Å². The topological polar surface area (TPSA) is 87.4 Å². The summed E-state index contributed by atoms with van der Waals surface area (Å²) in [6.45, 7) is 0. The van der Waals surface area contributed by atoms with E-state index < -0.39 is 0 Å². The number of aromatic nitrogens is 6. The molecule has 2 N–H and O–H groups in total. The van der Waals surface area contributed by atoms with Gasteiger partial charge in [0.25, 0.3) is 0 Å². The maximum Gasteiger partial charge on any atom is 0.169 e. The molecule has 33 heavy (non-hydrogen) atoms. The summed E-state index contributed by atoms with van der Waals surface area (Å²) in [7, 11) is 1.88. The van der Waals surface area contributed by atoms with Crippen LogP contribution in [0.5, 0.6) is 0 Å². The average Bonchev–Trinajstić information content (AvgIpc) is 3.40. The molecule has 0 atom stereocenters. The summed E-state index contributed by atoms with van der Waals surface area (Å²) >= 11 is 0. The summed E-state index contributed by atoms with van der Waals surface area (Å²) in [5.41, 5.74) is 11.3. The highest BCUT2D eigenvalue weighted by Gasteiger charge is 2.34. The average molecular weight is 439 g/mol. The second-order valence-corrected chi connectivity index (χ2v) is 8.58. The number of imidazole rings is 1. The van der Waals surface area contributed by atoms with E-state index in [4.69, 9.17) is 15.7 Å². The van der Waals surface area contributed by atoms with Crippen molar-refractivity contribution in [3.05, 3.63) is 78.4 Å². The van der Waals surface area contributed by atoms with Gasteiger partial charge in [-0.2, -0.15) is 5.10 Å². The minimum absolute atomic E-state index is 0.224. The monoisotopic (exact) mass is 439 g/mol. The van der Waals surface area contributed by atoms with E-state index in [1.807, 2.05) is 17.7 Å². The van der Waals surface area contributed by atoms with E-state index in [1.54, 1.807) is 29.2 Å². The van der Waals surface area contributed by atoms with Crippen LogP contribution in [0.25, 0.3) is 39.8 Å². The van der Waals surface area contributed by atoms with E-state index in [0.29, 0.717) is 17.0 Å². The van der Waals surface area contributed by atoms with Crippen LogP contribution in [0.3, 0.4) is 0 Å². The lowest BCUT2D eigenvalue weighted by molar-refractivity contribution is 0.253. The first-order valence-corrected chi connectivity index (χ1v) is 10.9. The highest BCUT2D eigenvalue weighted by molar-refractivity contribution is 5.80. The number of fused-ring (bicyclic) bond motifs is 1. The lowest BCUT2D eigenvalue weighted by atomic mass is 9.73. The van der Waals surface area contributed by atoms with Crippen LogP contribution in [0.1, 0.15) is 24.8 Å². The fourth-order valence-electron chi connectivity index (χ4n) is 4.41. The molecule has 5 aromatic rings. The quantitative estimate of drug-likeness (QED) is 0.450. The van der Waals surface area contributed by atoms with Crippen LogP contribution >= 0.6 is 0 Å². The van der Waals surface area contributed by atoms with E-state index in [1.165, 1.54) is 12.1 Å². The molecule has 3 aromatic heterocycles. The predicted molar refractivity (Wildman–Crippen MR) is 124 cm³/mol. The number of hydrogen-bond donors (Lipinski definition) is 1. The van der Waals surface area contributed by atoms with Gasteiger partial charge in [-0.3, -0.25) is 9.25 Å². The highest BCUT2D eigenvalue weighted by atomic mass is 19.1. The van der Waals surface area contributed by atoms with Crippen LogP contribution in [-0.4, -0.2) is 29.3 Å². The zero-order chi connectivity index (χ0) is 22.6. The number of aryl methyl sites for hydroxylation is 1. The van der Waals surface area contributed by atoms with Crippen molar-refractivity contribution in [3.8, 4) is 28.6 Å². The predicted octanol–water partition coefficient (Wildman–Crippen LogP) is 4.36. The molecule has 164 valence electrons. The Bertz CT molecular complexity index is 1460. The maximum atomic E-state index is 13.4. The molecule has 1 fully saturated rings. The molecule has 7 nitrogen and oxygen atoms in total. The summed E-state index contributed by atoms with van der Waals surface area (Å²) in [6.07, 6.45) is 6.63. The van der Waals surface area contributed by atoms with Crippen LogP contribution in [0.4, 0.5) is 4.39 Å². The molecule has 0 saturated heterocycles. The van der Waals surface area contributed by atoms with Crippen LogP contribution in [-0.2, 0) is 12.6 Å². The lowest BCUT2D eigenvalue weighted by Gasteiger charge is -2.38. The molecule has 0 radical (unpaired) electrons. The van der Waals surface area contributed by atoms with Crippen LogP contribution in [0.15, 0.2) is 67.0 Å². The Labute approximate surface area is 189 Å². The summed E-state index contributed by atoms with van der Waals surface area (Å²) in [6, 6.07) is 16.4. The summed E-state index contributed by atoms with van der Waals surface area (Å²) < 4.78 is 17.2. The van der Waals surface area contributed by atoms with Gasteiger partial charge in [0, 0.05) is 30.0 Å². The van der Waals surface area contributed by atoms with E-state index in [-0.39, 0.29) is 11.4 Å². The molecule has 0 amide bonds. The molecular formula is C25H22FN7. The van der Waals surface area contributed by atoms with Gasteiger partial charge >= 0.3 is 0 Å². The Morgan fingerprint density at radius 1 is 0.970 bits per heavy atom. The van der Waals surface area contributed by atoms with Crippen molar-refractivity contribution in [1.29, 1.82) is 0 Å². The Kier molecular flexibility index (Phi) is 4.38. The standard InChI is InChI=1S/C25H22FN7/c1-32-21(11-14-29-32)24-30-20-15-28-22(16-3-7-18(26)8-4-16)31-23(20)33(24)19-9-5-17(6-10-19)25(27)12-2-13-25/h3-11,14-15H,2,12-13,27H2,1H3. The Morgan fingerprint density at radius 2 is 1.73 bits per heavy atom. The summed E-state index contributed by atoms with van der Waals surface area (Å²) in [5, 5.41) is 4.31. The molecule has 1 aliphatic rings. The normalized spacial score (nSPS) is 15.0. The van der Waals surface area contributed by atoms with Crippen molar-refractivity contribution in [2.24, 2.45) is 12.8 Å². The first kappa shape index (κ1) is 19.8. The van der Waals surface area contributed by atoms with Crippen molar-refractivity contribution in [1.82, 2.24) is 29.3 Å². The zero-order valence-electron chi connectivity index (χ0n) is 18.1. The molecule has 1 saturated carbocycles. The van der Waals surface area contributed by atoms with Crippen molar-refractivity contribution in [2.45, 2.75) is 24.8 Å². The largest absolute Gasteiger partial charge is 0.321 e.